The number of nitrogens with two attached hydrogens (primary N) is 1. The van der Waals surface area contributed by atoms with Gasteiger partial charge in [0.2, 0.25) is 0 Å². The number of fused-ring (bicyclic) bond motifs is 1. The summed E-state index contributed by atoms with van der Waals surface area (Å²) in [7, 11) is 0. The monoisotopic (exact) mass is 477 g/mol. The molecule has 1 saturated carbocycles. The molecule has 0 spiro atoms. The first-order valence-electron chi connectivity index (χ1n) is 13.0. The molecule has 1 aromatic carbocycles. The number of aliphatic hydroxyl groups is 1. The van der Waals surface area contributed by atoms with Crippen molar-refractivity contribution in [2.24, 2.45) is 5.92 Å². The van der Waals surface area contributed by atoms with Gasteiger partial charge in [-0.15, -0.1) is 0 Å². The lowest BCUT2D eigenvalue weighted by molar-refractivity contribution is -0.0110. The second-order valence-electron chi connectivity index (χ2n) is 10.4. The van der Waals surface area contributed by atoms with Gasteiger partial charge in [0.15, 0.2) is 0 Å². The summed E-state index contributed by atoms with van der Waals surface area (Å²) in [4.78, 5) is 11.3. The second kappa shape index (κ2) is 9.76. The number of nitrogen functional groups attached to an aromatic ring is 1. The van der Waals surface area contributed by atoms with E-state index in [0.29, 0.717) is 24.4 Å². The van der Waals surface area contributed by atoms with Gasteiger partial charge in [0.05, 0.1) is 17.6 Å². The van der Waals surface area contributed by atoms with Crippen molar-refractivity contribution in [3.63, 3.8) is 0 Å². The lowest BCUT2D eigenvalue weighted by atomic mass is 9.79. The van der Waals surface area contributed by atoms with E-state index in [2.05, 4.69) is 37.8 Å². The van der Waals surface area contributed by atoms with Crippen molar-refractivity contribution in [1.29, 1.82) is 0 Å². The summed E-state index contributed by atoms with van der Waals surface area (Å²) in [5.74, 6) is 2.00. The number of aliphatic hydroxyl groups excluding tert-OH is 1. The van der Waals surface area contributed by atoms with E-state index in [1.807, 2.05) is 12.1 Å². The molecule has 6 rings (SSSR count). The van der Waals surface area contributed by atoms with E-state index in [0.717, 1.165) is 86.3 Å². The average Bonchev–Trinajstić information content (AvgIpc) is 3.45. The van der Waals surface area contributed by atoms with Gasteiger partial charge in [-0.25, -0.2) is 9.97 Å². The molecule has 2 aromatic heterocycles. The third-order valence-corrected chi connectivity index (χ3v) is 7.86. The Morgan fingerprint density at radius 3 is 2.89 bits per heavy atom. The predicted octanol–water partition coefficient (Wildman–Crippen LogP) is 3.65. The van der Waals surface area contributed by atoms with Crippen molar-refractivity contribution in [3.05, 3.63) is 36.8 Å². The Bertz CT molecular complexity index is 1170. The van der Waals surface area contributed by atoms with Crippen molar-refractivity contribution in [3.8, 4) is 16.9 Å². The maximum absolute atomic E-state index is 9.82. The Morgan fingerprint density at radius 1 is 1.17 bits per heavy atom. The SMILES string of the molecule is Nc1ncnc2c1c(-c1cccc(OCC3CCCCO3)c1)cn2[C@H]1C[C@@H](CN2CC[C@H](O)C2)C1. The molecule has 4 heterocycles. The third-order valence-electron chi connectivity index (χ3n) is 7.86. The minimum absolute atomic E-state index is 0.156. The molecule has 0 bridgehead atoms. The standard InChI is InChI=1S/C27H35N5O3/c28-26-25-24(19-4-3-6-22(12-19)35-16-23-5-1-2-9-34-23)15-32(27(25)30-17-29-26)20-10-18(11-20)13-31-8-7-21(33)14-31/h3-4,6,12,15,17-18,20-21,23,33H,1-2,5,7-11,13-14,16H2,(H2,28,29,30)/t18-,20+,21-,23?/m0/s1. The summed E-state index contributed by atoms with van der Waals surface area (Å²) >= 11 is 0. The molecule has 35 heavy (non-hydrogen) atoms. The van der Waals surface area contributed by atoms with Crippen LogP contribution in [0.4, 0.5) is 5.82 Å². The van der Waals surface area contributed by atoms with Crippen LogP contribution in [0.25, 0.3) is 22.2 Å². The summed E-state index contributed by atoms with van der Waals surface area (Å²) in [6.45, 7) is 4.30. The van der Waals surface area contributed by atoms with Gasteiger partial charge in [-0.3, -0.25) is 0 Å². The summed E-state index contributed by atoms with van der Waals surface area (Å²) in [6, 6.07) is 8.60. The number of hydrogen-bond acceptors (Lipinski definition) is 7. The molecule has 3 fully saturated rings. The van der Waals surface area contributed by atoms with Crippen molar-refractivity contribution >= 4 is 16.9 Å². The molecule has 0 amide bonds. The maximum atomic E-state index is 9.82. The zero-order chi connectivity index (χ0) is 23.8. The van der Waals surface area contributed by atoms with Crippen LogP contribution in [0.3, 0.4) is 0 Å². The Hall–Kier alpha value is -2.68. The Morgan fingerprint density at radius 2 is 2.09 bits per heavy atom. The largest absolute Gasteiger partial charge is 0.491 e. The number of likely N-dealkylation sites (tertiary alicyclic amines) is 1. The van der Waals surface area contributed by atoms with E-state index in [9.17, 15) is 5.11 Å². The molecular weight excluding hydrogens is 442 g/mol. The van der Waals surface area contributed by atoms with Gasteiger partial charge in [0, 0.05) is 44.0 Å². The topological polar surface area (TPSA) is 98.7 Å². The van der Waals surface area contributed by atoms with E-state index in [4.69, 9.17) is 15.2 Å². The van der Waals surface area contributed by atoms with Crippen molar-refractivity contribution in [2.45, 2.75) is 56.8 Å². The summed E-state index contributed by atoms with van der Waals surface area (Å²) < 4.78 is 14.2. The van der Waals surface area contributed by atoms with Gasteiger partial charge in [-0.1, -0.05) is 12.1 Å². The number of ether oxygens (including phenoxy) is 2. The fourth-order valence-corrected chi connectivity index (χ4v) is 5.91. The van der Waals surface area contributed by atoms with Crippen LogP contribution in [0.15, 0.2) is 36.8 Å². The molecule has 2 saturated heterocycles. The average molecular weight is 478 g/mol. The smallest absolute Gasteiger partial charge is 0.146 e. The Balaban J connectivity index is 1.21. The van der Waals surface area contributed by atoms with Gasteiger partial charge < -0.3 is 29.8 Å². The van der Waals surface area contributed by atoms with Crippen LogP contribution in [-0.4, -0.2) is 69.6 Å². The molecule has 1 aliphatic carbocycles. The minimum Gasteiger partial charge on any atom is -0.491 e. The van der Waals surface area contributed by atoms with Gasteiger partial charge in [-0.2, -0.15) is 0 Å². The van der Waals surface area contributed by atoms with E-state index in [1.165, 1.54) is 6.42 Å². The number of rotatable bonds is 7. The maximum Gasteiger partial charge on any atom is 0.146 e. The Labute approximate surface area is 206 Å². The molecule has 2 atom stereocenters. The van der Waals surface area contributed by atoms with Crippen LogP contribution in [-0.2, 0) is 4.74 Å². The van der Waals surface area contributed by atoms with E-state index < -0.39 is 0 Å². The van der Waals surface area contributed by atoms with Crippen LogP contribution in [0.5, 0.6) is 5.75 Å². The number of β-amino-alcohol motifs (C(OH)–C–C–N with tert-alkyl or cyclic N) is 1. The van der Waals surface area contributed by atoms with Crippen LogP contribution in [0.2, 0.25) is 0 Å². The summed E-state index contributed by atoms with van der Waals surface area (Å²) in [6.07, 6.45) is 10.3. The van der Waals surface area contributed by atoms with Gasteiger partial charge >= 0.3 is 0 Å². The number of anilines is 1. The first kappa shape index (κ1) is 22.8. The number of nitrogens with zero attached hydrogens (tertiary/aromatic N) is 4. The van der Waals surface area contributed by atoms with Gasteiger partial charge in [0.25, 0.3) is 0 Å². The highest BCUT2D eigenvalue weighted by atomic mass is 16.5. The molecule has 3 N–H and O–H groups in total. The first-order valence-corrected chi connectivity index (χ1v) is 13.0. The van der Waals surface area contributed by atoms with E-state index >= 15 is 0 Å². The first-order chi connectivity index (χ1) is 17.1. The molecule has 8 heteroatoms. The van der Waals surface area contributed by atoms with E-state index in [-0.39, 0.29) is 12.2 Å². The lowest BCUT2D eigenvalue weighted by Gasteiger charge is -2.38. The zero-order valence-electron chi connectivity index (χ0n) is 20.2. The van der Waals surface area contributed by atoms with Crippen molar-refractivity contribution in [2.75, 3.05) is 38.6 Å². The highest BCUT2D eigenvalue weighted by molar-refractivity contribution is 6.00. The second-order valence-corrected chi connectivity index (χ2v) is 10.4. The minimum atomic E-state index is -0.156. The van der Waals surface area contributed by atoms with Gasteiger partial charge in [0.1, 0.15) is 30.1 Å². The Kier molecular flexibility index (Phi) is 6.35. The molecule has 8 nitrogen and oxygen atoms in total. The predicted molar refractivity (Wildman–Crippen MR) is 135 cm³/mol. The van der Waals surface area contributed by atoms with Gasteiger partial charge in [-0.05, 0) is 62.1 Å². The van der Waals surface area contributed by atoms with Crippen LogP contribution in [0.1, 0.15) is 44.6 Å². The third kappa shape index (κ3) is 4.75. The van der Waals surface area contributed by atoms with Crippen LogP contribution in [0, 0.1) is 5.92 Å². The molecule has 186 valence electrons. The summed E-state index contributed by atoms with van der Waals surface area (Å²) in [5, 5.41) is 10.7. The number of aromatic nitrogens is 3. The molecule has 2 aliphatic heterocycles. The van der Waals surface area contributed by atoms with Crippen molar-refractivity contribution < 1.29 is 14.6 Å². The van der Waals surface area contributed by atoms with Crippen LogP contribution < -0.4 is 10.5 Å². The quantitative estimate of drug-likeness (QED) is 0.536. The number of benzene rings is 1. The zero-order valence-corrected chi connectivity index (χ0v) is 20.2. The highest BCUT2D eigenvalue weighted by Gasteiger charge is 2.35. The molecule has 1 unspecified atom stereocenters. The summed E-state index contributed by atoms with van der Waals surface area (Å²) in [5.41, 5.74) is 9.37. The highest BCUT2D eigenvalue weighted by Crippen LogP contribution is 2.43. The van der Waals surface area contributed by atoms with Crippen molar-refractivity contribution in [1.82, 2.24) is 19.4 Å². The molecule has 0 radical (unpaired) electrons. The normalized spacial score (nSPS) is 27.2. The molecular formula is C27H35N5O3. The fraction of sp³-hybridized carbons (Fsp3) is 0.556. The fourth-order valence-electron chi connectivity index (χ4n) is 5.91. The molecule has 3 aromatic rings. The molecule has 3 aliphatic rings. The van der Waals surface area contributed by atoms with E-state index in [1.54, 1.807) is 6.33 Å². The number of hydrogen-bond donors (Lipinski definition) is 2. The lowest BCUT2D eigenvalue weighted by Crippen LogP contribution is -2.36. The van der Waals surface area contributed by atoms with Crippen LogP contribution >= 0.6 is 0 Å².